The molecule has 5 heteroatoms. The van der Waals surface area contributed by atoms with E-state index in [1.54, 1.807) is 0 Å². The maximum absolute atomic E-state index is 6.01. The molecule has 1 aromatic heterocycles. The first-order valence-corrected chi connectivity index (χ1v) is 9.18. The zero-order valence-corrected chi connectivity index (χ0v) is 14.2. The summed E-state index contributed by atoms with van der Waals surface area (Å²) in [5, 5.41) is 4.72. The van der Waals surface area contributed by atoms with Crippen LogP contribution >= 0.6 is 0 Å². The van der Waals surface area contributed by atoms with E-state index in [1.807, 2.05) is 11.7 Å². The number of aromatic nitrogens is 2. The lowest BCUT2D eigenvalue weighted by Crippen LogP contribution is -2.39. The maximum atomic E-state index is 6.01. The highest BCUT2D eigenvalue weighted by Crippen LogP contribution is 2.31. The van der Waals surface area contributed by atoms with Crippen LogP contribution in [0.3, 0.4) is 0 Å². The third-order valence-electron chi connectivity index (χ3n) is 5.42. The van der Waals surface area contributed by atoms with Gasteiger partial charge in [0.2, 0.25) is 0 Å². The predicted octanol–water partition coefficient (Wildman–Crippen LogP) is 2.17. The van der Waals surface area contributed by atoms with E-state index in [9.17, 15) is 0 Å². The van der Waals surface area contributed by atoms with Crippen molar-refractivity contribution >= 4 is 0 Å². The lowest BCUT2D eigenvalue weighted by atomic mass is 9.94. The summed E-state index contributed by atoms with van der Waals surface area (Å²) in [7, 11) is 2.03. The Labute approximate surface area is 138 Å². The van der Waals surface area contributed by atoms with Crippen LogP contribution in [0, 0.1) is 11.8 Å². The molecule has 3 heterocycles. The van der Waals surface area contributed by atoms with Gasteiger partial charge in [-0.2, -0.15) is 5.10 Å². The maximum Gasteiger partial charge on any atom is 0.0736 e. The fourth-order valence-corrected chi connectivity index (χ4v) is 3.95. The number of rotatable bonds is 6. The molecule has 0 unspecified atom stereocenters. The molecule has 4 rings (SSSR count). The molecule has 0 spiro atoms. The average molecular weight is 319 g/mol. The van der Waals surface area contributed by atoms with E-state index in [1.165, 1.54) is 43.5 Å². The summed E-state index contributed by atoms with van der Waals surface area (Å²) in [5.74, 6) is 2.05. The highest BCUT2D eigenvalue weighted by Gasteiger charge is 2.30. The molecule has 1 aromatic rings. The van der Waals surface area contributed by atoms with E-state index < -0.39 is 0 Å². The minimum atomic E-state index is 0.429. The van der Waals surface area contributed by atoms with Crippen molar-refractivity contribution in [3.8, 4) is 0 Å². The molecule has 2 aliphatic heterocycles. The summed E-state index contributed by atoms with van der Waals surface area (Å²) in [6, 6.07) is 0. The molecule has 2 fully saturated rings. The van der Waals surface area contributed by atoms with Crippen molar-refractivity contribution in [3.05, 3.63) is 17.5 Å². The molecule has 128 valence electrons. The Balaban J connectivity index is 1.39. The number of ether oxygens (including phenoxy) is 2. The van der Waals surface area contributed by atoms with Crippen LogP contribution in [0.2, 0.25) is 0 Å². The first-order chi connectivity index (χ1) is 11.3. The van der Waals surface area contributed by atoms with Gasteiger partial charge in [-0.3, -0.25) is 9.58 Å². The Bertz CT molecular complexity index is 520. The number of fused-ring (bicyclic) bond motifs is 1. The third-order valence-corrected chi connectivity index (χ3v) is 5.42. The lowest BCUT2D eigenvalue weighted by Gasteiger charge is -2.35. The van der Waals surface area contributed by atoms with E-state index in [0.717, 1.165) is 51.4 Å². The van der Waals surface area contributed by atoms with Crippen LogP contribution in [0.25, 0.3) is 0 Å². The monoisotopic (exact) mass is 319 g/mol. The molecule has 3 aliphatic rings. The number of nitrogens with zero attached hydrogens (tertiary/aromatic N) is 3. The summed E-state index contributed by atoms with van der Waals surface area (Å²) in [4.78, 5) is 2.62. The fraction of sp³-hybridized carbons (Fsp3) is 0.833. The Morgan fingerprint density at radius 3 is 2.78 bits per heavy atom. The molecular weight excluding hydrogens is 290 g/mol. The molecule has 23 heavy (non-hydrogen) atoms. The van der Waals surface area contributed by atoms with Gasteiger partial charge < -0.3 is 9.47 Å². The Hall–Kier alpha value is -0.910. The highest BCUT2D eigenvalue weighted by atomic mass is 16.5. The van der Waals surface area contributed by atoms with Crippen molar-refractivity contribution in [3.63, 3.8) is 0 Å². The van der Waals surface area contributed by atoms with E-state index in [-0.39, 0.29) is 0 Å². The van der Waals surface area contributed by atoms with Gasteiger partial charge in [0, 0.05) is 64.2 Å². The molecule has 0 amide bonds. The van der Waals surface area contributed by atoms with Gasteiger partial charge in [0.05, 0.1) is 12.3 Å². The molecule has 5 nitrogen and oxygen atoms in total. The highest BCUT2D eigenvalue weighted by molar-refractivity contribution is 5.24. The topological polar surface area (TPSA) is 39.5 Å². The normalized spacial score (nSPS) is 26.4. The minimum Gasteiger partial charge on any atom is -0.381 e. The zero-order chi connectivity index (χ0) is 15.6. The lowest BCUT2D eigenvalue weighted by molar-refractivity contribution is 0.0430. The van der Waals surface area contributed by atoms with E-state index in [0.29, 0.717) is 5.92 Å². The second-order valence-electron chi connectivity index (χ2n) is 7.64. The number of hydrogen-bond acceptors (Lipinski definition) is 4. The molecule has 1 saturated heterocycles. The Kier molecular flexibility index (Phi) is 4.69. The Morgan fingerprint density at radius 2 is 2.00 bits per heavy atom. The van der Waals surface area contributed by atoms with E-state index in [2.05, 4.69) is 11.1 Å². The van der Waals surface area contributed by atoms with Crippen LogP contribution in [0.4, 0.5) is 0 Å². The summed E-state index contributed by atoms with van der Waals surface area (Å²) < 4.78 is 13.5. The van der Waals surface area contributed by atoms with E-state index >= 15 is 0 Å². The van der Waals surface area contributed by atoms with Crippen molar-refractivity contribution in [2.75, 3.05) is 39.5 Å². The minimum absolute atomic E-state index is 0.429. The molecule has 1 saturated carbocycles. The molecular formula is C18H29N3O2. The van der Waals surface area contributed by atoms with Crippen molar-refractivity contribution in [2.24, 2.45) is 18.9 Å². The largest absolute Gasteiger partial charge is 0.381 e. The van der Waals surface area contributed by atoms with Gasteiger partial charge in [-0.15, -0.1) is 0 Å². The molecule has 0 radical (unpaired) electrons. The van der Waals surface area contributed by atoms with Crippen LogP contribution in [-0.2, 0) is 23.1 Å². The van der Waals surface area contributed by atoms with Crippen molar-refractivity contribution in [1.29, 1.82) is 0 Å². The van der Waals surface area contributed by atoms with Gasteiger partial charge in [0.15, 0.2) is 0 Å². The van der Waals surface area contributed by atoms with Gasteiger partial charge in [-0.05, 0) is 37.5 Å². The standard InChI is InChI=1S/C18H29N3O2/c1-20-9-16-10-21(8-14-4-6-22-7-5-14)11-17(18(16)19-20)13-23-12-15-2-3-15/h9,14-15,17H,2-8,10-13H2,1H3/t17-/m1/s1. The summed E-state index contributed by atoms with van der Waals surface area (Å²) in [6.45, 7) is 6.96. The van der Waals surface area contributed by atoms with Gasteiger partial charge in [-0.1, -0.05) is 0 Å². The smallest absolute Gasteiger partial charge is 0.0736 e. The molecule has 0 bridgehead atoms. The van der Waals surface area contributed by atoms with Crippen LogP contribution in [0.15, 0.2) is 6.20 Å². The predicted molar refractivity (Wildman–Crippen MR) is 88.3 cm³/mol. The first-order valence-electron chi connectivity index (χ1n) is 9.18. The van der Waals surface area contributed by atoms with Gasteiger partial charge in [-0.25, -0.2) is 0 Å². The van der Waals surface area contributed by atoms with Crippen molar-refractivity contribution in [2.45, 2.75) is 38.1 Å². The SMILES string of the molecule is Cn1cc2c(n1)[C@@H](COCC1CC1)CN(CC1CCOCC1)C2. The molecule has 0 aromatic carbocycles. The molecule has 1 atom stereocenters. The molecule has 1 aliphatic carbocycles. The van der Waals surface area contributed by atoms with Gasteiger partial charge in [0.1, 0.15) is 0 Å². The average Bonchev–Trinajstić information content (AvgIpc) is 3.28. The first kappa shape index (κ1) is 15.6. The van der Waals surface area contributed by atoms with Crippen molar-refractivity contribution < 1.29 is 9.47 Å². The fourth-order valence-electron chi connectivity index (χ4n) is 3.95. The summed E-state index contributed by atoms with van der Waals surface area (Å²) in [5.41, 5.74) is 2.66. The van der Waals surface area contributed by atoms with Crippen LogP contribution < -0.4 is 0 Å². The zero-order valence-electron chi connectivity index (χ0n) is 14.2. The summed E-state index contributed by atoms with van der Waals surface area (Å²) in [6.07, 6.45) is 7.32. The van der Waals surface area contributed by atoms with Crippen LogP contribution in [0.1, 0.15) is 42.9 Å². The van der Waals surface area contributed by atoms with Gasteiger partial charge in [0.25, 0.3) is 0 Å². The van der Waals surface area contributed by atoms with E-state index in [4.69, 9.17) is 14.6 Å². The molecule has 0 N–H and O–H groups in total. The van der Waals surface area contributed by atoms with Crippen LogP contribution in [0.5, 0.6) is 0 Å². The number of hydrogen-bond donors (Lipinski definition) is 0. The summed E-state index contributed by atoms with van der Waals surface area (Å²) >= 11 is 0. The van der Waals surface area contributed by atoms with Gasteiger partial charge >= 0.3 is 0 Å². The Morgan fingerprint density at radius 1 is 1.17 bits per heavy atom. The number of aryl methyl sites for hydroxylation is 1. The second kappa shape index (κ2) is 6.91. The van der Waals surface area contributed by atoms with Crippen LogP contribution in [-0.4, -0.2) is 54.2 Å². The quantitative estimate of drug-likeness (QED) is 0.806. The third kappa shape index (κ3) is 3.95. The second-order valence-corrected chi connectivity index (χ2v) is 7.64. The van der Waals surface area contributed by atoms with Crippen molar-refractivity contribution in [1.82, 2.24) is 14.7 Å².